The van der Waals surface area contributed by atoms with Crippen molar-refractivity contribution in [1.82, 2.24) is 0 Å². The third-order valence-corrected chi connectivity index (χ3v) is 2.51. The van der Waals surface area contributed by atoms with Crippen molar-refractivity contribution < 1.29 is 4.92 Å². The summed E-state index contributed by atoms with van der Waals surface area (Å²) in [6.45, 7) is 0. The SMILES string of the molecule is CNc1ccccc1N=Nc1ccc([N+](=O)[O-])cc1. The van der Waals surface area contributed by atoms with Crippen LogP contribution in [0.25, 0.3) is 0 Å². The van der Waals surface area contributed by atoms with E-state index in [1.165, 1.54) is 12.1 Å². The average Bonchev–Trinajstić information content (AvgIpc) is 2.45. The Kier molecular flexibility index (Phi) is 3.82. The number of nitro groups is 1. The Hall–Kier alpha value is -2.76. The first-order valence-electron chi connectivity index (χ1n) is 5.63. The maximum Gasteiger partial charge on any atom is 0.269 e. The van der Waals surface area contributed by atoms with Crippen molar-refractivity contribution in [2.24, 2.45) is 10.2 Å². The predicted molar refractivity (Wildman–Crippen MR) is 73.3 cm³/mol. The molecule has 0 amide bonds. The van der Waals surface area contributed by atoms with Gasteiger partial charge < -0.3 is 5.32 Å². The second-order valence-corrected chi connectivity index (χ2v) is 3.74. The lowest BCUT2D eigenvalue weighted by Crippen LogP contribution is -1.86. The number of azo groups is 1. The molecule has 0 aromatic heterocycles. The Morgan fingerprint density at radius 2 is 1.74 bits per heavy atom. The van der Waals surface area contributed by atoms with E-state index in [2.05, 4.69) is 15.5 Å². The summed E-state index contributed by atoms with van der Waals surface area (Å²) in [5.41, 5.74) is 2.18. The summed E-state index contributed by atoms with van der Waals surface area (Å²) < 4.78 is 0. The van der Waals surface area contributed by atoms with Crippen LogP contribution < -0.4 is 5.32 Å². The molecule has 6 heteroatoms. The van der Waals surface area contributed by atoms with Gasteiger partial charge in [0, 0.05) is 19.2 Å². The van der Waals surface area contributed by atoms with Crippen LogP contribution in [0, 0.1) is 10.1 Å². The third-order valence-electron chi connectivity index (χ3n) is 2.51. The number of para-hydroxylation sites is 1. The molecule has 1 N–H and O–H groups in total. The van der Waals surface area contributed by atoms with Gasteiger partial charge in [0.05, 0.1) is 16.3 Å². The number of nitro benzene ring substituents is 1. The van der Waals surface area contributed by atoms with E-state index < -0.39 is 4.92 Å². The second-order valence-electron chi connectivity index (χ2n) is 3.74. The molecule has 0 unspecified atom stereocenters. The van der Waals surface area contributed by atoms with Gasteiger partial charge in [-0.15, -0.1) is 5.11 Å². The topological polar surface area (TPSA) is 79.9 Å². The molecule has 0 aliphatic carbocycles. The van der Waals surface area contributed by atoms with E-state index in [4.69, 9.17) is 0 Å². The van der Waals surface area contributed by atoms with E-state index in [9.17, 15) is 10.1 Å². The normalized spacial score (nSPS) is 10.6. The number of nitrogens with zero attached hydrogens (tertiary/aromatic N) is 3. The fourth-order valence-corrected chi connectivity index (χ4v) is 1.52. The zero-order valence-electron chi connectivity index (χ0n) is 10.3. The van der Waals surface area contributed by atoms with E-state index in [-0.39, 0.29) is 5.69 Å². The highest BCUT2D eigenvalue weighted by Crippen LogP contribution is 2.26. The van der Waals surface area contributed by atoms with Crippen molar-refractivity contribution >= 4 is 22.7 Å². The first-order valence-corrected chi connectivity index (χ1v) is 5.63. The van der Waals surface area contributed by atoms with Crippen LogP contribution in [0.3, 0.4) is 0 Å². The van der Waals surface area contributed by atoms with E-state index in [0.29, 0.717) is 11.4 Å². The van der Waals surface area contributed by atoms with Gasteiger partial charge in [-0.1, -0.05) is 12.1 Å². The lowest BCUT2D eigenvalue weighted by Gasteiger charge is -2.02. The van der Waals surface area contributed by atoms with Crippen molar-refractivity contribution in [1.29, 1.82) is 0 Å². The summed E-state index contributed by atoms with van der Waals surface area (Å²) in [7, 11) is 1.81. The van der Waals surface area contributed by atoms with Gasteiger partial charge in [-0.3, -0.25) is 10.1 Å². The molecule has 6 nitrogen and oxygen atoms in total. The number of benzene rings is 2. The summed E-state index contributed by atoms with van der Waals surface area (Å²) in [6.07, 6.45) is 0. The smallest absolute Gasteiger partial charge is 0.269 e. The molecule has 0 spiro atoms. The molecular weight excluding hydrogens is 244 g/mol. The number of rotatable bonds is 4. The van der Waals surface area contributed by atoms with Crippen molar-refractivity contribution in [2.45, 2.75) is 0 Å². The molecule has 0 aliphatic rings. The molecule has 2 rings (SSSR count). The van der Waals surface area contributed by atoms with Crippen LogP contribution in [-0.4, -0.2) is 12.0 Å². The fraction of sp³-hybridized carbons (Fsp3) is 0.0769. The minimum atomic E-state index is -0.447. The summed E-state index contributed by atoms with van der Waals surface area (Å²) in [6, 6.07) is 13.4. The van der Waals surface area contributed by atoms with Crippen LogP contribution in [-0.2, 0) is 0 Å². The maximum absolute atomic E-state index is 10.5. The Bertz CT molecular complexity index is 608. The van der Waals surface area contributed by atoms with Gasteiger partial charge in [-0.05, 0) is 24.3 Å². The van der Waals surface area contributed by atoms with E-state index >= 15 is 0 Å². The van der Waals surface area contributed by atoms with Crippen molar-refractivity contribution in [2.75, 3.05) is 12.4 Å². The molecule has 0 bridgehead atoms. The molecule has 0 saturated carbocycles. The molecule has 19 heavy (non-hydrogen) atoms. The zero-order chi connectivity index (χ0) is 13.7. The summed E-state index contributed by atoms with van der Waals surface area (Å²) in [4.78, 5) is 10.1. The van der Waals surface area contributed by atoms with Crippen molar-refractivity contribution in [3.8, 4) is 0 Å². The lowest BCUT2D eigenvalue weighted by molar-refractivity contribution is -0.384. The van der Waals surface area contributed by atoms with Gasteiger partial charge in [0.2, 0.25) is 0 Å². The average molecular weight is 256 g/mol. The number of nitrogens with one attached hydrogen (secondary N) is 1. The van der Waals surface area contributed by atoms with Crippen molar-refractivity contribution in [3.63, 3.8) is 0 Å². The number of hydrogen-bond acceptors (Lipinski definition) is 5. The quantitative estimate of drug-likeness (QED) is 0.509. The van der Waals surface area contributed by atoms with Crippen LogP contribution in [0.5, 0.6) is 0 Å². The van der Waals surface area contributed by atoms with Gasteiger partial charge in [-0.2, -0.15) is 5.11 Å². The number of anilines is 1. The molecule has 0 fully saturated rings. The van der Waals surface area contributed by atoms with Gasteiger partial charge in [0.25, 0.3) is 5.69 Å². The summed E-state index contributed by atoms with van der Waals surface area (Å²) in [5, 5.41) is 21.7. The third kappa shape index (κ3) is 3.12. The van der Waals surface area contributed by atoms with E-state index in [0.717, 1.165) is 5.69 Å². The van der Waals surface area contributed by atoms with Crippen LogP contribution in [0.1, 0.15) is 0 Å². The predicted octanol–water partition coefficient (Wildman–Crippen LogP) is 4.05. The minimum absolute atomic E-state index is 0.0366. The van der Waals surface area contributed by atoms with E-state index in [1.807, 2.05) is 24.3 Å². The van der Waals surface area contributed by atoms with Crippen LogP contribution in [0.4, 0.5) is 22.7 Å². The lowest BCUT2D eigenvalue weighted by atomic mass is 10.3. The first-order chi connectivity index (χ1) is 9.20. The highest BCUT2D eigenvalue weighted by atomic mass is 16.6. The van der Waals surface area contributed by atoms with Gasteiger partial charge in [0.15, 0.2) is 0 Å². The Morgan fingerprint density at radius 3 is 2.37 bits per heavy atom. The van der Waals surface area contributed by atoms with Gasteiger partial charge >= 0.3 is 0 Å². The standard InChI is InChI=1S/C13H12N4O2/c1-14-12-4-2-3-5-13(12)16-15-10-6-8-11(9-7-10)17(18)19/h2-9,14H,1H3. The van der Waals surface area contributed by atoms with Crippen LogP contribution >= 0.6 is 0 Å². The molecule has 2 aromatic rings. The van der Waals surface area contributed by atoms with Crippen LogP contribution in [0.2, 0.25) is 0 Å². The van der Waals surface area contributed by atoms with Gasteiger partial charge in [-0.25, -0.2) is 0 Å². The monoisotopic (exact) mass is 256 g/mol. The number of hydrogen-bond donors (Lipinski definition) is 1. The largest absolute Gasteiger partial charge is 0.386 e. The molecule has 0 saturated heterocycles. The summed E-state index contributed by atoms with van der Waals surface area (Å²) in [5.74, 6) is 0. The molecule has 2 aromatic carbocycles. The van der Waals surface area contributed by atoms with Crippen molar-refractivity contribution in [3.05, 3.63) is 58.6 Å². The first kappa shape index (κ1) is 12.7. The Morgan fingerprint density at radius 1 is 1.05 bits per heavy atom. The number of non-ortho nitro benzene ring substituents is 1. The van der Waals surface area contributed by atoms with Crippen LogP contribution in [0.15, 0.2) is 58.8 Å². The molecular formula is C13H12N4O2. The minimum Gasteiger partial charge on any atom is -0.386 e. The maximum atomic E-state index is 10.5. The Balaban J connectivity index is 2.20. The molecule has 0 heterocycles. The van der Waals surface area contributed by atoms with E-state index in [1.54, 1.807) is 19.2 Å². The van der Waals surface area contributed by atoms with Gasteiger partial charge in [0.1, 0.15) is 5.69 Å². The highest BCUT2D eigenvalue weighted by molar-refractivity contribution is 5.64. The molecule has 0 aliphatic heterocycles. The molecule has 0 radical (unpaired) electrons. The zero-order valence-corrected chi connectivity index (χ0v) is 10.3. The molecule has 0 atom stereocenters. The Labute approximate surface area is 110 Å². The second kappa shape index (κ2) is 5.72. The highest BCUT2D eigenvalue weighted by Gasteiger charge is 2.03. The fourth-order valence-electron chi connectivity index (χ4n) is 1.52. The summed E-state index contributed by atoms with van der Waals surface area (Å²) >= 11 is 0. The molecule has 96 valence electrons.